The molecule has 0 spiro atoms. The minimum absolute atomic E-state index is 0.117. The zero-order valence-corrected chi connectivity index (χ0v) is 10.7. The first kappa shape index (κ1) is 13.2. The molecule has 0 aromatic carbocycles. The van der Waals surface area contributed by atoms with Gasteiger partial charge in [0.1, 0.15) is 0 Å². The van der Waals surface area contributed by atoms with Crippen molar-refractivity contribution in [3.63, 3.8) is 0 Å². The molecule has 18 heavy (non-hydrogen) atoms. The van der Waals surface area contributed by atoms with Crippen LogP contribution in [0.25, 0.3) is 0 Å². The van der Waals surface area contributed by atoms with Crippen molar-refractivity contribution in [2.45, 2.75) is 12.8 Å². The average molecular weight is 272 g/mol. The van der Waals surface area contributed by atoms with E-state index in [1.165, 1.54) is 10.5 Å². The van der Waals surface area contributed by atoms with Gasteiger partial charge in [-0.25, -0.2) is 0 Å². The second kappa shape index (κ2) is 5.59. The molecule has 1 aromatic rings. The highest BCUT2D eigenvalue weighted by Gasteiger charge is 2.27. The molecule has 1 aliphatic heterocycles. The predicted octanol–water partition coefficient (Wildman–Crippen LogP) is -0.162. The van der Waals surface area contributed by atoms with Gasteiger partial charge in [0.2, 0.25) is 0 Å². The number of anilines is 1. The topological polar surface area (TPSA) is 95.4 Å². The van der Waals surface area contributed by atoms with Crippen LogP contribution >= 0.6 is 0 Å². The largest absolute Gasteiger partial charge is 0.396 e. The number of hydrogen-bond donors (Lipinski definition) is 2. The van der Waals surface area contributed by atoms with E-state index in [1.807, 2.05) is 0 Å². The summed E-state index contributed by atoms with van der Waals surface area (Å²) < 4.78 is 27.8. The summed E-state index contributed by atoms with van der Waals surface area (Å²) in [5, 5.41) is 16.3. The van der Waals surface area contributed by atoms with Crippen molar-refractivity contribution in [1.82, 2.24) is 14.5 Å². The van der Waals surface area contributed by atoms with Gasteiger partial charge in [0.25, 0.3) is 0 Å². The summed E-state index contributed by atoms with van der Waals surface area (Å²) in [6.45, 7) is 0.952. The van der Waals surface area contributed by atoms with Gasteiger partial charge >= 0.3 is 10.2 Å². The van der Waals surface area contributed by atoms with E-state index in [0.29, 0.717) is 25.9 Å². The molecular formula is C10H16N4O3S. The molecular weight excluding hydrogens is 256 g/mol. The van der Waals surface area contributed by atoms with E-state index in [2.05, 4.69) is 14.9 Å². The average Bonchev–Trinajstić information content (AvgIpc) is 2.39. The molecule has 0 radical (unpaired) electrons. The monoisotopic (exact) mass is 272 g/mol. The number of aromatic nitrogens is 2. The normalized spacial score (nSPS) is 18.7. The maximum absolute atomic E-state index is 12.0. The molecule has 0 atom stereocenters. The number of aliphatic hydroxyl groups is 1. The van der Waals surface area contributed by atoms with Crippen LogP contribution in [0.3, 0.4) is 0 Å². The third-order valence-corrected chi connectivity index (χ3v) is 4.49. The van der Waals surface area contributed by atoms with Crippen LogP contribution in [-0.4, -0.2) is 47.7 Å². The molecule has 1 aliphatic rings. The first-order chi connectivity index (χ1) is 8.62. The van der Waals surface area contributed by atoms with E-state index in [-0.39, 0.29) is 18.3 Å². The molecule has 0 saturated carbocycles. The summed E-state index contributed by atoms with van der Waals surface area (Å²) in [5.74, 6) is 0.412. The first-order valence-electron chi connectivity index (χ1n) is 5.78. The van der Waals surface area contributed by atoms with Crippen molar-refractivity contribution in [1.29, 1.82) is 0 Å². The quantitative estimate of drug-likeness (QED) is 0.794. The Bertz CT molecular complexity index is 471. The third kappa shape index (κ3) is 3.15. The maximum Gasteiger partial charge on any atom is 0.302 e. The molecule has 7 nitrogen and oxygen atoms in total. The first-order valence-corrected chi connectivity index (χ1v) is 7.22. The van der Waals surface area contributed by atoms with Crippen LogP contribution in [0, 0.1) is 5.92 Å². The predicted molar refractivity (Wildman–Crippen MR) is 66.0 cm³/mol. The van der Waals surface area contributed by atoms with Gasteiger partial charge in [0.05, 0.1) is 0 Å². The highest BCUT2D eigenvalue weighted by Crippen LogP contribution is 2.19. The van der Waals surface area contributed by atoms with Gasteiger partial charge < -0.3 is 5.11 Å². The van der Waals surface area contributed by atoms with E-state index < -0.39 is 10.2 Å². The molecule has 8 heteroatoms. The Morgan fingerprint density at radius 3 is 2.72 bits per heavy atom. The Morgan fingerprint density at radius 1 is 1.44 bits per heavy atom. The number of rotatable bonds is 4. The lowest BCUT2D eigenvalue weighted by molar-refractivity contribution is 0.170. The van der Waals surface area contributed by atoms with Crippen LogP contribution in [0.2, 0.25) is 0 Å². The Morgan fingerprint density at radius 2 is 2.17 bits per heavy atom. The molecule has 100 valence electrons. The third-order valence-electron chi connectivity index (χ3n) is 2.98. The number of aliphatic hydroxyl groups excluding tert-OH is 1. The number of nitrogens with zero attached hydrogens (tertiary/aromatic N) is 3. The number of nitrogens with one attached hydrogen (secondary N) is 1. The van der Waals surface area contributed by atoms with Crippen molar-refractivity contribution in [2.24, 2.45) is 5.92 Å². The summed E-state index contributed by atoms with van der Waals surface area (Å²) in [4.78, 5) is 0. The fourth-order valence-electron chi connectivity index (χ4n) is 1.88. The van der Waals surface area contributed by atoms with Gasteiger partial charge in [-0.05, 0) is 30.9 Å². The SMILES string of the molecule is O=S(=O)(Nc1cccnn1)N1CCC(CO)CC1. The van der Waals surface area contributed by atoms with Gasteiger partial charge in [0.15, 0.2) is 5.82 Å². The lowest BCUT2D eigenvalue weighted by atomic mass is 10.00. The van der Waals surface area contributed by atoms with Gasteiger partial charge in [0, 0.05) is 25.9 Å². The molecule has 0 aliphatic carbocycles. The molecule has 0 amide bonds. The van der Waals surface area contributed by atoms with Crippen molar-refractivity contribution in [2.75, 3.05) is 24.4 Å². The van der Waals surface area contributed by atoms with Gasteiger partial charge in [-0.2, -0.15) is 17.8 Å². The molecule has 1 fully saturated rings. The molecule has 2 heterocycles. The van der Waals surface area contributed by atoms with Crippen molar-refractivity contribution in [3.05, 3.63) is 18.3 Å². The van der Waals surface area contributed by atoms with E-state index in [1.54, 1.807) is 12.1 Å². The lowest BCUT2D eigenvalue weighted by Crippen LogP contribution is -2.42. The number of hydrogen-bond acceptors (Lipinski definition) is 5. The van der Waals surface area contributed by atoms with E-state index >= 15 is 0 Å². The molecule has 2 rings (SSSR count). The van der Waals surface area contributed by atoms with Crippen molar-refractivity contribution < 1.29 is 13.5 Å². The zero-order valence-electron chi connectivity index (χ0n) is 9.86. The van der Waals surface area contributed by atoms with Crippen LogP contribution < -0.4 is 4.72 Å². The van der Waals surface area contributed by atoms with Crippen LogP contribution in [-0.2, 0) is 10.2 Å². The molecule has 1 aromatic heterocycles. The van der Waals surface area contributed by atoms with E-state index in [4.69, 9.17) is 5.11 Å². The summed E-state index contributed by atoms with van der Waals surface area (Å²) >= 11 is 0. The minimum atomic E-state index is -3.57. The molecule has 0 bridgehead atoms. The summed E-state index contributed by atoms with van der Waals surface area (Å²) in [7, 11) is -3.57. The van der Waals surface area contributed by atoms with Gasteiger partial charge in [-0.1, -0.05) is 0 Å². The summed E-state index contributed by atoms with van der Waals surface area (Å²) in [6.07, 6.45) is 2.83. The fraction of sp³-hybridized carbons (Fsp3) is 0.600. The molecule has 0 unspecified atom stereocenters. The van der Waals surface area contributed by atoms with Crippen LogP contribution in [0.1, 0.15) is 12.8 Å². The Hall–Kier alpha value is -1.25. The van der Waals surface area contributed by atoms with Crippen LogP contribution in [0.5, 0.6) is 0 Å². The van der Waals surface area contributed by atoms with Crippen LogP contribution in [0.4, 0.5) is 5.82 Å². The lowest BCUT2D eigenvalue weighted by Gasteiger charge is -2.30. The second-order valence-corrected chi connectivity index (χ2v) is 5.91. The number of piperidine rings is 1. The Labute approximate surface area is 106 Å². The Balaban J connectivity index is 2.00. The second-order valence-electron chi connectivity index (χ2n) is 4.24. The van der Waals surface area contributed by atoms with E-state index in [9.17, 15) is 8.42 Å². The standard InChI is InChI=1S/C10H16N4O3S/c15-8-9-3-6-14(7-4-9)18(16,17)13-10-2-1-5-11-12-10/h1-2,5,9,15H,3-4,6-8H2,(H,12,13). The summed E-state index contributed by atoms with van der Waals surface area (Å²) in [6, 6.07) is 3.16. The Kier molecular flexibility index (Phi) is 4.10. The van der Waals surface area contributed by atoms with Gasteiger partial charge in [-0.3, -0.25) is 4.72 Å². The highest BCUT2D eigenvalue weighted by molar-refractivity contribution is 7.90. The van der Waals surface area contributed by atoms with Crippen LogP contribution in [0.15, 0.2) is 18.3 Å². The smallest absolute Gasteiger partial charge is 0.302 e. The summed E-state index contributed by atoms with van der Waals surface area (Å²) in [5.41, 5.74) is 0. The minimum Gasteiger partial charge on any atom is -0.396 e. The van der Waals surface area contributed by atoms with Crippen molar-refractivity contribution in [3.8, 4) is 0 Å². The molecule has 1 saturated heterocycles. The fourth-order valence-corrected chi connectivity index (χ4v) is 3.08. The maximum atomic E-state index is 12.0. The van der Waals surface area contributed by atoms with Gasteiger partial charge in [-0.15, -0.1) is 5.10 Å². The van der Waals surface area contributed by atoms with E-state index in [0.717, 1.165) is 0 Å². The van der Waals surface area contributed by atoms with Crippen molar-refractivity contribution >= 4 is 16.0 Å². The highest BCUT2D eigenvalue weighted by atomic mass is 32.2. The zero-order chi connectivity index (χ0) is 13.0. The molecule has 2 N–H and O–H groups in total.